The Morgan fingerprint density at radius 3 is 2.78 bits per heavy atom. The van der Waals surface area contributed by atoms with Crippen molar-refractivity contribution >= 4 is 5.91 Å². The molecule has 0 aliphatic heterocycles. The van der Waals surface area contributed by atoms with E-state index in [2.05, 4.69) is 44.8 Å². The quantitative estimate of drug-likeness (QED) is 0.834. The fourth-order valence-electron chi connectivity index (χ4n) is 1.60. The monoisotopic (exact) mass is 244 g/mol. The molecule has 0 unspecified atom stereocenters. The van der Waals surface area contributed by atoms with E-state index >= 15 is 0 Å². The standard InChI is InChI=1S/C13H16N4O/c1-10-2-4-11(5-3-10)6-7-13(18)14-8-12-15-9-16-17-12/h2-5,9H,6-8H2,1H3,(H,14,18)(H,15,16,17). The SMILES string of the molecule is Cc1ccc(CCC(=O)NCc2ncn[nH]2)cc1. The van der Waals surface area contributed by atoms with Gasteiger partial charge in [-0.25, -0.2) is 4.98 Å². The minimum absolute atomic E-state index is 0.0203. The summed E-state index contributed by atoms with van der Waals surface area (Å²) in [6.07, 6.45) is 2.66. The lowest BCUT2D eigenvalue weighted by molar-refractivity contribution is -0.121. The van der Waals surface area contributed by atoms with Gasteiger partial charge in [0.2, 0.25) is 5.91 Å². The fourth-order valence-corrected chi connectivity index (χ4v) is 1.60. The summed E-state index contributed by atoms with van der Waals surface area (Å²) in [7, 11) is 0. The molecular weight excluding hydrogens is 228 g/mol. The zero-order valence-electron chi connectivity index (χ0n) is 10.3. The van der Waals surface area contributed by atoms with Crippen molar-refractivity contribution in [3.63, 3.8) is 0 Å². The first-order valence-corrected chi connectivity index (χ1v) is 5.90. The maximum Gasteiger partial charge on any atom is 0.220 e. The lowest BCUT2D eigenvalue weighted by Gasteiger charge is -2.03. The first-order valence-electron chi connectivity index (χ1n) is 5.90. The molecule has 94 valence electrons. The second kappa shape index (κ2) is 5.95. The molecule has 0 radical (unpaired) electrons. The summed E-state index contributed by atoms with van der Waals surface area (Å²) in [4.78, 5) is 15.5. The maximum absolute atomic E-state index is 11.6. The Bertz CT molecular complexity index is 490. The van der Waals surface area contributed by atoms with Crippen molar-refractivity contribution in [2.45, 2.75) is 26.3 Å². The van der Waals surface area contributed by atoms with E-state index in [4.69, 9.17) is 0 Å². The molecule has 2 aromatic rings. The average molecular weight is 244 g/mol. The van der Waals surface area contributed by atoms with Crippen LogP contribution in [0.4, 0.5) is 0 Å². The number of benzene rings is 1. The molecule has 0 aliphatic rings. The molecule has 0 saturated carbocycles. The number of hydrogen-bond acceptors (Lipinski definition) is 3. The number of aryl methyl sites for hydroxylation is 2. The zero-order valence-corrected chi connectivity index (χ0v) is 10.3. The van der Waals surface area contributed by atoms with Crippen LogP contribution in [0.15, 0.2) is 30.6 Å². The molecule has 0 saturated heterocycles. The molecule has 1 aromatic heterocycles. The highest BCUT2D eigenvalue weighted by Crippen LogP contribution is 2.05. The summed E-state index contributed by atoms with van der Waals surface area (Å²) in [5, 5.41) is 9.21. The Kier molecular flexibility index (Phi) is 4.06. The molecule has 0 aliphatic carbocycles. The molecule has 0 fully saturated rings. The van der Waals surface area contributed by atoms with Crippen molar-refractivity contribution in [2.75, 3.05) is 0 Å². The Balaban J connectivity index is 1.73. The number of amides is 1. The number of carbonyl (C=O) groups is 1. The van der Waals surface area contributed by atoms with Crippen LogP contribution in [-0.4, -0.2) is 21.1 Å². The van der Waals surface area contributed by atoms with Crippen LogP contribution in [0.5, 0.6) is 0 Å². The van der Waals surface area contributed by atoms with Crippen LogP contribution < -0.4 is 5.32 Å². The van der Waals surface area contributed by atoms with Gasteiger partial charge in [-0.3, -0.25) is 9.89 Å². The number of aromatic nitrogens is 3. The zero-order chi connectivity index (χ0) is 12.8. The summed E-state index contributed by atoms with van der Waals surface area (Å²) in [5.41, 5.74) is 2.41. The number of carbonyl (C=O) groups excluding carboxylic acids is 1. The van der Waals surface area contributed by atoms with Crippen LogP contribution in [-0.2, 0) is 17.8 Å². The molecule has 2 N–H and O–H groups in total. The van der Waals surface area contributed by atoms with Gasteiger partial charge in [-0.1, -0.05) is 29.8 Å². The Hall–Kier alpha value is -2.17. The Labute approximate surface area is 106 Å². The van der Waals surface area contributed by atoms with Gasteiger partial charge in [0.1, 0.15) is 12.2 Å². The van der Waals surface area contributed by atoms with Crippen molar-refractivity contribution < 1.29 is 4.79 Å². The highest BCUT2D eigenvalue weighted by atomic mass is 16.1. The predicted octanol–water partition coefficient (Wildman–Crippen LogP) is 1.36. The molecule has 18 heavy (non-hydrogen) atoms. The van der Waals surface area contributed by atoms with E-state index in [0.717, 1.165) is 6.42 Å². The van der Waals surface area contributed by atoms with Crippen LogP contribution in [0, 0.1) is 6.92 Å². The van der Waals surface area contributed by atoms with Crippen molar-refractivity contribution in [3.05, 3.63) is 47.5 Å². The molecule has 0 spiro atoms. The normalized spacial score (nSPS) is 10.3. The highest BCUT2D eigenvalue weighted by molar-refractivity contribution is 5.76. The summed E-state index contributed by atoms with van der Waals surface area (Å²) >= 11 is 0. The number of nitrogens with zero attached hydrogens (tertiary/aromatic N) is 2. The van der Waals surface area contributed by atoms with Crippen LogP contribution in [0.2, 0.25) is 0 Å². The predicted molar refractivity (Wildman–Crippen MR) is 67.7 cm³/mol. The van der Waals surface area contributed by atoms with Crippen LogP contribution >= 0.6 is 0 Å². The molecule has 1 heterocycles. The summed E-state index contributed by atoms with van der Waals surface area (Å²) in [6, 6.07) is 8.22. The Morgan fingerprint density at radius 2 is 2.11 bits per heavy atom. The second-order valence-electron chi connectivity index (χ2n) is 4.19. The lowest BCUT2D eigenvalue weighted by Crippen LogP contribution is -2.23. The number of rotatable bonds is 5. The van der Waals surface area contributed by atoms with Crippen LogP contribution in [0.1, 0.15) is 23.4 Å². The Morgan fingerprint density at radius 1 is 1.33 bits per heavy atom. The third-order valence-corrected chi connectivity index (χ3v) is 2.68. The van der Waals surface area contributed by atoms with Gasteiger partial charge in [0.05, 0.1) is 6.54 Å². The second-order valence-corrected chi connectivity index (χ2v) is 4.19. The third-order valence-electron chi connectivity index (χ3n) is 2.68. The number of H-pyrrole nitrogens is 1. The van der Waals surface area contributed by atoms with E-state index in [1.165, 1.54) is 17.5 Å². The van der Waals surface area contributed by atoms with Gasteiger partial charge in [-0.15, -0.1) is 0 Å². The number of hydrogen-bond donors (Lipinski definition) is 2. The van der Waals surface area contributed by atoms with Crippen molar-refractivity contribution in [1.29, 1.82) is 0 Å². The number of nitrogens with one attached hydrogen (secondary N) is 2. The highest BCUT2D eigenvalue weighted by Gasteiger charge is 2.03. The summed E-state index contributed by atoms with van der Waals surface area (Å²) < 4.78 is 0. The minimum atomic E-state index is 0.0203. The van der Waals surface area contributed by atoms with E-state index in [-0.39, 0.29) is 5.91 Å². The van der Waals surface area contributed by atoms with E-state index in [1.807, 2.05) is 6.92 Å². The van der Waals surface area contributed by atoms with Crippen molar-refractivity contribution in [3.8, 4) is 0 Å². The first kappa shape index (κ1) is 12.3. The van der Waals surface area contributed by atoms with E-state index in [1.54, 1.807) is 0 Å². The van der Waals surface area contributed by atoms with Gasteiger partial charge in [0, 0.05) is 6.42 Å². The van der Waals surface area contributed by atoms with E-state index in [9.17, 15) is 4.79 Å². The van der Waals surface area contributed by atoms with Gasteiger partial charge in [-0.05, 0) is 18.9 Å². The smallest absolute Gasteiger partial charge is 0.220 e. The van der Waals surface area contributed by atoms with Gasteiger partial charge < -0.3 is 5.32 Å². The van der Waals surface area contributed by atoms with Gasteiger partial charge in [0.25, 0.3) is 0 Å². The van der Waals surface area contributed by atoms with E-state index in [0.29, 0.717) is 18.8 Å². The van der Waals surface area contributed by atoms with Crippen LogP contribution in [0.3, 0.4) is 0 Å². The largest absolute Gasteiger partial charge is 0.349 e. The maximum atomic E-state index is 11.6. The molecule has 5 heteroatoms. The molecule has 0 bridgehead atoms. The van der Waals surface area contributed by atoms with Crippen molar-refractivity contribution in [2.24, 2.45) is 0 Å². The summed E-state index contributed by atoms with van der Waals surface area (Å²) in [6.45, 7) is 2.45. The molecule has 2 rings (SSSR count). The molecule has 1 aromatic carbocycles. The summed E-state index contributed by atoms with van der Waals surface area (Å²) in [5.74, 6) is 0.686. The lowest BCUT2D eigenvalue weighted by atomic mass is 10.1. The topological polar surface area (TPSA) is 70.7 Å². The van der Waals surface area contributed by atoms with Gasteiger partial charge in [0.15, 0.2) is 0 Å². The first-order chi connectivity index (χ1) is 8.74. The van der Waals surface area contributed by atoms with Gasteiger partial charge in [-0.2, -0.15) is 5.10 Å². The van der Waals surface area contributed by atoms with Gasteiger partial charge >= 0.3 is 0 Å². The van der Waals surface area contributed by atoms with Crippen LogP contribution in [0.25, 0.3) is 0 Å². The molecule has 1 amide bonds. The average Bonchev–Trinajstić information content (AvgIpc) is 2.89. The molecular formula is C13H16N4O. The van der Waals surface area contributed by atoms with E-state index < -0.39 is 0 Å². The molecule has 0 atom stereocenters. The third kappa shape index (κ3) is 3.69. The fraction of sp³-hybridized carbons (Fsp3) is 0.308. The van der Waals surface area contributed by atoms with Crippen molar-refractivity contribution in [1.82, 2.24) is 20.5 Å². The number of aromatic amines is 1. The minimum Gasteiger partial charge on any atom is -0.349 e. The molecule has 5 nitrogen and oxygen atoms in total.